The van der Waals surface area contributed by atoms with E-state index in [1.165, 1.54) is 25.3 Å². The van der Waals surface area contributed by atoms with Gasteiger partial charge >= 0.3 is 5.97 Å². The maximum absolute atomic E-state index is 13.7. The van der Waals surface area contributed by atoms with Crippen LogP contribution in [0.25, 0.3) is 11.8 Å². The first-order valence-electron chi connectivity index (χ1n) is 12.4. The predicted octanol–water partition coefficient (Wildman–Crippen LogP) is 4.10. The zero-order valence-corrected chi connectivity index (χ0v) is 22.0. The van der Waals surface area contributed by atoms with E-state index >= 15 is 0 Å². The Morgan fingerprint density at radius 1 is 1.11 bits per heavy atom. The molecule has 0 aliphatic carbocycles. The fourth-order valence-electron chi connectivity index (χ4n) is 4.14. The summed E-state index contributed by atoms with van der Waals surface area (Å²) in [5.41, 5.74) is 2.98. The first-order valence-corrected chi connectivity index (χ1v) is 12.4. The van der Waals surface area contributed by atoms with E-state index in [4.69, 9.17) is 0 Å². The van der Waals surface area contributed by atoms with E-state index < -0.39 is 24.0 Å². The highest BCUT2D eigenvalue weighted by atomic mass is 19.1. The van der Waals surface area contributed by atoms with E-state index in [0.29, 0.717) is 23.5 Å². The number of ether oxygens (including phenoxy) is 1. The first-order chi connectivity index (χ1) is 18.1. The number of aromatic nitrogens is 2. The van der Waals surface area contributed by atoms with Crippen LogP contribution in [0.3, 0.4) is 0 Å². The molecule has 0 saturated heterocycles. The maximum Gasteiger partial charge on any atom is 0.308 e. The second-order valence-electron chi connectivity index (χ2n) is 9.43. The Bertz CT molecular complexity index is 1260. The molecule has 0 radical (unpaired) electrons. The third-order valence-electron chi connectivity index (χ3n) is 6.04. The summed E-state index contributed by atoms with van der Waals surface area (Å²) in [4.78, 5) is 26.6. The smallest absolute Gasteiger partial charge is 0.308 e. The van der Waals surface area contributed by atoms with Crippen molar-refractivity contribution in [3.63, 3.8) is 0 Å². The highest BCUT2D eigenvalue weighted by molar-refractivity contribution is 5.95. The Morgan fingerprint density at radius 3 is 2.37 bits per heavy atom. The lowest BCUT2D eigenvalue weighted by Crippen LogP contribution is -2.27. The second-order valence-corrected chi connectivity index (χ2v) is 9.43. The third kappa shape index (κ3) is 7.36. The van der Waals surface area contributed by atoms with Crippen molar-refractivity contribution in [2.75, 3.05) is 14.2 Å². The predicted molar refractivity (Wildman–Crippen MR) is 142 cm³/mol. The lowest BCUT2D eigenvalue weighted by Gasteiger charge is -2.17. The minimum Gasteiger partial charge on any atom is -0.469 e. The second kappa shape index (κ2) is 13.1. The summed E-state index contributed by atoms with van der Waals surface area (Å²) in [6, 6.07) is 15.3. The summed E-state index contributed by atoms with van der Waals surface area (Å²) in [6.45, 7) is 4.27. The molecule has 1 amide bonds. The molecule has 202 valence electrons. The van der Waals surface area contributed by atoms with Gasteiger partial charge in [-0.3, -0.25) is 9.59 Å². The van der Waals surface area contributed by atoms with Crippen LogP contribution in [0.5, 0.6) is 0 Å². The van der Waals surface area contributed by atoms with Gasteiger partial charge in [0.2, 0.25) is 0 Å². The number of esters is 1. The van der Waals surface area contributed by atoms with Crippen LogP contribution in [0.2, 0.25) is 0 Å². The van der Waals surface area contributed by atoms with Crippen LogP contribution >= 0.6 is 0 Å². The van der Waals surface area contributed by atoms with Gasteiger partial charge in [-0.15, -0.1) is 0 Å². The number of carbonyl (C=O) groups excluding carboxylic acids is 2. The van der Waals surface area contributed by atoms with Crippen LogP contribution in [0.1, 0.15) is 59.9 Å². The van der Waals surface area contributed by atoms with Crippen molar-refractivity contribution in [1.29, 1.82) is 0 Å². The molecule has 0 aliphatic rings. The highest BCUT2D eigenvalue weighted by Gasteiger charge is 2.27. The Balaban J connectivity index is 1.99. The fraction of sp³-hybridized carbons (Fsp3) is 0.345. The van der Waals surface area contributed by atoms with Crippen molar-refractivity contribution in [2.45, 2.75) is 51.4 Å². The van der Waals surface area contributed by atoms with Crippen LogP contribution in [-0.4, -0.2) is 63.1 Å². The molecule has 3 aromatic rings. The SMILES string of the molecule is COC(=O)C[C@H](O)C[C@H](O)C=Cc1c(C(C)C)c(C(=O)N(C)Cc2ccccc2)nn1-c1ccc(F)cc1. The molecule has 0 fully saturated rings. The van der Waals surface area contributed by atoms with E-state index in [9.17, 15) is 24.2 Å². The van der Waals surface area contributed by atoms with Gasteiger partial charge in [-0.05, 0) is 41.8 Å². The van der Waals surface area contributed by atoms with Gasteiger partial charge < -0.3 is 19.8 Å². The molecule has 2 atom stereocenters. The van der Waals surface area contributed by atoms with Crippen LogP contribution in [0.15, 0.2) is 60.7 Å². The topological polar surface area (TPSA) is 105 Å². The summed E-state index contributed by atoms with van der Waals surface area (Å²) in [6.07, 6.45) is 0.626. The lowest BCUT2D eigenvalue weighted by atomic mass is 9.98. The summed E-state index contributed by atoms with van der Waals surface area (Å²) in [7, 11) is 2.93. The monoisotopic (exact) mass is 523 g/mol. The average Bonchev–Trinajstić information content (AvgIpc) is 3.27. The molecule has 38 heavy (non-hydrogen) atoms. The number of hydrogen-bond donors (Lipinski definition) is 2. The zero-order valence-electron chi connectivity index (χ0n) is 22.0. The largest absolute Gasteiger partial charge is 0.469 e. The lowest BCUT2D eigenvalue weighted by molar-refractivity contribution is -0.143. The molecule has 0 spiro atoms. The van der Waals surface area contributed by atoms with Gasteiger partial charge in [0.05, 0.1) is 37.1 Å². The Kier molecular flexibility index (Phi) is 9.92. The standard InChI is InChI=1S/C29H34FN3O5/c1-19(2)27-25(15-14-23(34)16-24(35)17-26(36)38-4)33(22-12-10-21(30)11-13-22)31-28(27)29(37)32(3)18-20-8-6-5-7-9-20/h5-15,19,23-24,34-35H,16-18H2,1-4H3/t23-,24-/m1/s1. The third-order valence-corrected chi connectivity index (χ3v) is 6.04. The number of rotatable bonds is 11. The normalized spacial score (nSPS) is 13.1. The van der Waals surface area contributed by atoms with Crippen molar-refractivity contribution in [2.24, 2.45) is 0 Å². The van der Waals surface area contributed by atoms with Gasteiger partial charge in [0.1, 0.15) is 5.82 Å². The van der Waals surface area contributed by atoms with E-state index in [1.54, 1.807) is 34.8 Å². The quantitative estimate of drug-likeness (QED) is 0.367. The summed E-state index contributed by atoms with van der Waals surface area (Å²) < 4.78 is 19.8. The van der Waals surface area contributed by atoms with Gasteiger partial charge in [0, 0.05) is 25.6 Å². The van der Waals surface area contributed by atoms with Gasteiger partial charge in [-0.1, -0.05) is 50.3 Å². The zero-order chi connectivity index (χ0) is 27.8. The number of carbonyl (C=O) groups is 2. The van der Waals surface area contributed by atoms with Crippen molar-refractivity contribution >= 4 is 18.0 Å². The van der Waals surface area contributed by atoms with E-state index in [-0.39, 0.29) is 30.4 Å². The number of aliphatic hydroxyl groups is 2. The maximum atomic E-state index is 13.7. The molecule has 9 heteroatoms. The van der Waals surface area contributed by atoms with Crippen molar-refractivity contribution in [1.82, 2.24) is 14.7 Å². The van der Waals surface area contributed by atoms with E-state index in [1.807, 2.05) is 44.2 Å². The van der Waals surface area contributed by atoms with Crippen LogP contribution in [-0.2, 0) is 16.1 Å². The number of hydrogen-bond acceptors (Lipinski definition) is 6. The van der Waals surface area contributed by atoms with Gasteiger partial charge in [0.15, 0.2) is 5.69 Å². The number of methoxy groups -OCH3 is 1. The molecule has 0 saturated carbocycles. The highest BCUT2D eigenvalue weighted by Crippen LogP contribution is 2.29. The number of benzene rings is 2. The first kappa shape index (κ1) is 28.7. The molecule has 2 N–H and O–H groups in total. The molecular weight excluding hydrogens is 489 g/mol. The number of nitrogens with zero attached hydrogens (tertiary/aromatic N) is 3. The Morgan fingerprint density at radius 2 is 1.76 bits per heavy atom. The van der Waals surface area contributed by atoms with Crippen LogP contribution in [0.4, 0.5) is 4.39 Å². The molecule has 8 nitrogen and oxygen atoms in total. The number of aliphatic hydroxyl groups excluding tert-OH is 2. The number of halogens is 1. The van der Waals surface area contributed by atoms with Gasteiger partial charge in [0.25, 0.3) is 5.91 Å². The van der Waals surface area contributed by atoms with Gasteiger partial charge in [-0.25, -0.2) is 9.07 Å². The molecule has 0 unspecified atom stereocenters. The molecule has 2 aromatic carbocycles. The summed E-state index contributed by atoms with van der Waals surface area (Å²) >= 11 is 0. The Labute approximate surface area is 222 Å². The summed E-state index contributed by atoms with van der Waals surface area (Å²) in [5, 5.41) is 25.2. The molecule has 1 heterocycles. The minimum atomic E-state index is -1.09. The molecule has 1 aromatic heterocycles. The van der Waals surface area contributed by atoms with Crippen LogP contribution in [0, 0.1) is 5.82 Å². The fourth-order valence-corrected chi connectivity index (χ4v) is 4.14. The van der Waals surface area contributed by atoms with Gasteiger partial charge in [-0.2, -0.15) is 5.10 Å². The summed E-state index contributed by atoms with van der Waals surface area (Å²) in [5.74, 6) is -1.37. The Hall–Kier alpha value is -3.82. The van der Waals surface area contributed by atoms with Crippen molar-refractivity contribution in [3.05, 3.63) is 89.0 Å². The molecular formula is C29H34FN3O5. The molecule has 0 aliphatic heterocycles. The molecule has 3 rings (SSSR count). The molecule has 0 bridgehead atoms. The van der Waals surface area contributed by atoms with Crippen molar-refractivity contribution < 1.29 is 28.9 Å². The number of amides is 1. The van der Waals surface area contributed by atoms with E-state index in [0.717, 1.165) is 5.56 Å². The minimum absolute atomic E-state index is 0.0844. The van der Waals surface area contributed by atoms with E-state index in [2.05, 4.69) is 9.84 Å². The average molecular weight is 524 g/mol. The van der Waals surface area contributed by atoms with Crippen LogP contribution < -0.4 is 0 Å². The van der Waals surface area contributed by atoms with Crippen molar-refractivity contribution in [3.8, 4) is 5.69 Å².